The molecule has 2 heterocycles. The Labute approximate surface area is 135 Å². The monoisotopic (exact) mass is 312 g/mol. The number of hydrogen-bond acceptors (Lipinski definition) is 5. The van der Waals surface area contributed by atoms with E-state index in [-0.39, 0.29) is 12.6 Å². The molecule has 0 radical (unpaired) electrons. The number of aliphatic hydroxyl groups is 1. The molecule has 3 N–H and O–H groups in total. The number of nitrogens with zero attached hydrogens (tertiary/aromatic N) is 3. The maximum atomic E-state index is 11.1. The number of amides is 1. The van der Waals surface area contributed by atoms with Gasteiger partial charge in [-0.3, -0.25) is 9.69 Å². The Morgan fingerprint density at radius 1 is 1.30 bits per heavy atom. The molecule has 6 nitrogen and oxygen atoms in total. The van der Waals surface area contributed by atoms with E-state index in [0.29, 0.717) is 17.9 Å². The van der Waals surface area contributed by atoms with Gasteiger partial charge in [-0.15, -0.1) is 0 Å². The lowest BCUT2D eigenvalue weighted by Crippen LogP contribution is -2.27. The van der Waals surface area contributed by atoms with E-state index in [0.717, 1.165) is 30.6 Å². The van der Waals surface area contributed by atoms with Gasteiger partial charge in [0.25, 0.3) is 0 Å². The number of likely N-dealkylation sites (tertiary alicyclic amines) is 1. The Kier molecular flexibility index (Phi) is 4.64. The zero-order chi connectivity index (χ0) is 16.2. The minimum atomic E-state index is -0.447. The summed E-state index contributed by atoms with van der Waals surface area (Å²) in [4.78, 5) is 22.4. The molecule has 1 fully saturated rings. The van der Waals surface area contributed by atoms with Crippen molar-refractivity contribution in [2.75, 3.05) is 19.7 Å². The summed E-state index contributed by atoms with van der Waals surface area (Å²) in [6.07, 6.45) is 3.91. The molecule has 0 bridgehead atoms. The van der Waals surface area contributed by atoms with Crippen LogP contribution in [-0.4, -0.2) is 45.6 Å². The van der Waals surface area contributed by atoms with E-state index in [9.17, 15) is 9.90 Å². The highest BCUT2D eigenvalue weighted by Crippen LogP contribution is 2.31. The fourth-order valence-corrected chi connectivity index (χ4v) is 3.04. The second kappa shape index (κ2) is 6.85. The number of nitrogens with two attached hydrogens (primary N) is 1. The number of aliphatic hydroxyl groups excluding tert-OH is 1. The molecule has 120 valence electrons. The van der Waals surface area contributed by atoms with Crippen molar-refractivity contribution in [2.24, 2.45) is 5.73 Å². The van der Waals surface area contributed by atoms with Gasteiger partial charge in [0.2, 0.25) is 5.91 Å². The summed E-state index contributed by atoms with van der Waals surface area (Å²) >= 11 is 0. The first kappa shape index (κ1) is 15.6. The van der Waals surface area contributed by atoms with Crippen molar-refractivity contribution in [2.45, 2.75) is 18.9 Å². The first-order valence-corrected chi connectivity index (χ1v) is 7.77. The quantitative estimate of drug-likeness (QED) is 0.870. The summed E-state index contributed by atoms with van der Waals surface area (Å²) in [7, 11) is 0. The van der Waals surface area contributed by atoms with Gasteiger partial charge in [-0.25, -0.2) is 9.97 Å². The highest BCUT2D eigenvalue weighted by molar-refractivity contribution is 5.93. The topological polar surface area (TPSA) is 92.3 Å². The number of carbonyl (C=O) groups excluding carboxylic acids is 1. The number of β-amino-alcohol motifs (C(OH)–C–C–N with tert-alkyl or cyclic N) is 1. The van der Waals surface area contributed by atoms with E-state index in [4.69, 9.17) is 5.73 Å². The second-order valence-electron chi connectivity index (χ2n) is 5.66. The lowest BCUT2D eigenvalue weighted by atomic mass is 10.1. The number of rotatable bonds is 5. The molecular weight excluding hydrogens is 292 g/mol. The molecule has 1 aromatic heterocycles. The SMILES string of the molecule is NC(=O)c1ccc(-c2nccc([C@H]3CCCN3CCO)n2)cc1. The van der Waals surface area contributed by atoms with E-state index in [1.807, 2.05) is 6.07 Å². The molecule has 23 heavy (non-hydrogen) atoms. The average molecular weight is 312 g/mol. The van der Waals surface area contributed by atoms with Crippen molar-refractivity contribution in [3.05, 3.63) is 47.8 Å². The minimum absolute atomic E-state index is 0.156. The largest absolute Gasteiger partial charge is 0.395 e. The van der Waals surface area contributed by atoms with Crippen LogP contribution in [-0.2, 0) is 0 Å². The van der Waals surface area contributed by atoms with Crippen molar-refractivity contribution < 1.29 is 9.90 Å². The van der Waals surface area contributed by atoms with Gasteiger partial charge in [-0.1, -0.05) is 12.1 Å². The molecule has 6 heteroatoms. The first-order chi connectivity index (χ1) is 11.2. The van der Waals surface area contributed by atoms with Gasteiger partial charge >= 0.3 is 0 Å². The summed E-state index contributed by atoms with van der Waals surface area (Å²) in [5.41, 5.74) is 7.55. The fourth-order valence-electron chi connectivity index (χ4n) is 3.04. The van der Waals surface area contributed by atoms with Crippen LogP contribution in [0.4, 0.5) is 0 Å². The smallest absolute Gasteiger partial charge is 0.248 e. The van der Waals surface area contributed by atoms with Gasteiger partial charge in [0.1, 0.15) is 0 Å². The van der Waals surface area contributed by atoms with E-state index in [2.05, 4.69) is 14.9 Å². The third-order valence-electron chi connectivity index (χ3n) is 4.20. The fraction of sp³-hybridized carbons (Fsp3) is 0.353. The summed E-state index contributed by atoms with van der Waals surface area (Å²) in [6, 6.07) is 9.14. The molecule has 0 aliphatic carbocycles. The van der Waals surface area contributed by atoms with Crippen LogP contribution in [0.2, 0.25) is 0 Å². The van der Waals surface area contributed by atoms with Crippen LogP contribution in [0.5, 0.6) is 0 Å². The van der Waals surface area contributed by atoms with E-state index in [1.54, 1.807) is 30.5 Å². The molecule has 0 saturated carbocycles. The Hall–Kier alpha value is -2.31. The van der Waals surface area contributed by atoms with Gasteiger partial charge in [-0.2, -0.15) is 0 Å². The van der Waals surface area contributed by atoms with E-state index in [1.165, 1.54) is 0 Å². The number of aromatic nitrogens is 2. The van der Waals surface area contributed by atoms with Crippen LogP contribution in [0.15, 0.2) is 36.5 Å². The average Bonchev–Trinajstić information content (AvgIpc) is 3.04. The Morgan fingerprint density at radius 2 is 2.09 bits per heavy atom. The van der Waals surface area contributed by atoms with Crippen molar-refractivity contribution >= 4 is 5.91 Å². The summed E-state index contributed by atoms with van der Waals surface area (Å²) < 4.78 is 0. The summed E-state index contributed by atoms with van der Waals surface area (Å²) in [5, 5.41) is 9.18. The highest BCUT2D eigenvalue weighted by Gasteiger charge is 2.26. The molecule has 1 atom stereocenters. The molecule has 2 aromatic rings. The molecular formula is C17H20N4O2. The number of benzene rings is 1. The Bertz CT molecular complexity index is 687. The van der Waals surface area contributed by atoms with E-state index >= 15 is 0 Å². The molecule has 1 aromatic carbocycles. The number of primary amides is 1. The van der Waals surface area contributed by atoms with Gasteiger partial charge in [0, 0.05) is 23.9 Å². The first-order valence-electron chi connectivity index (χ1n) is 7.77. The number of carbonyl (C=O) groups is 1. The lowest BCUT2D eigenvalue weighted by molar-refractivity contribution is 0.100. The van der Waals surface area contributed by atoms with Crippen LogP contribution in [0, 0.1) is 0 Å². The zero-order valence-electron chi connectivity index (χ0n) is 12.9. The Balaban J connectivity index is 1.86. The van der Waals surface area contributed by atoms with Crippen LogP contribution >= 0.6 is 0 Å². The number of hydrogen-bond donors (Lipinski definition) is 2. The third-order valence-corrected chi connectivity index (χ3v) is 4.20. The Morgan fingerprint density at radius 3 is 2.78 bits per heavy atom. The molecule has 1 aliphatic rings. The standard InChI is InChI=1S/C17H20N4O2/c18-16(23)12-3-5-13(6-4-12)17-19-8-7-14(20-17)15-2-1-9-21(15)10-11-22/h3-8,15,22H,1-2,9-11H2,(H2,18,23)/t15-/m1/s1. The molecule has 0 unspecified atom stereocenters. The van der Waals surface area contributed by atoms with Crippen molar-refractivity contribution in [3.8, 4) is 11.4 Å². The van der Waals surface area contributed by atoms with Crippen molar-refractivity contribution in [1.82, 2.24) is 14.9 Å². The highest BCUT2D eigenvalue weighted by atomic mass is 16.3. The molecule has 1 amide bonds. The maximum Gasteiger partial charge on any atom is 0.248 e. The molecule has 1 saturated heterocycles. The molecule has 3 rings (SSSR count). The molecule has 0 spiro atoms. The van der Waals surface area contributed by atoms with Gasteiger partial charge in [0.15, 0.2) is 5.82 Å². The lowest BCUT2D eigenvalue weighted by Gasteiger charge is -2.23. The van der Waals surface area contributed by atoms with Crippen LogP contribution < -0.4 is 5.73 Å². The van der Waals surface area contributed by atoms with Crippen LogP contribution in [0.1, 0.15) is 34.9 Å². The summed E-state index contributed by atoms with van der Waals surface area (Å²) in [6.45, 7) is 1.80. The second-order valence-corrected chi connectivity index (χ2v) is 5.66. The van der Waals surface area contributed by atoms with Gasteiger partial charge in [-0.05, 0) is 37.6 Å². The van der Waals surface area contributed by atoms with Crippen molar-refractivity contribution in [1.29, 1.82) is 0 Å². The zero-order valence-corrected chi connectivity index (χ0v) is 12.9. The summed E-state index contributed by atoms with van der Waals surface area (Å²) in [5.74, 6) is 0.186. The van der Waals surface area contributed by atoms with Gasteiger partial charge < -0.3 is 10.8 Å². The van der Waals surface area contributed by atoms with E-state index < -0.39 is 5.91 Å². The van der Waals surface area contributed by atoms with Gasteiger partial charge in [0.05, 0.1) is 18.3 Å². The minimum Gasteiger partial charge on any atom is -0.395 e. The normalized spacial score (nSPS) is 18.2. The van der Waals surface area contributed by atoms with Crippen molar-refractivity contribution in [3.63, 3.8) is 0 Å². The third kappa shape index (κ3) is 3.38. The van der Waals surface area contributed by atoms with Crippen LogP contribution in [0.25, 0.3) is 11.4 Å². The predicted molar refractivity (Wildman–Crippen MR) is 86.6 cm³/mol. The molecule has 1 aliphatic heterocycles. The van der Waals surface area contributed by atoms with Crippen LogP contribution in [0.3, 0.4) is 0 Å². The maximum absolute atomic E-state index is 11.1. The predicted octanol–water partition coefficient (Wildman–Crippen LogP) is 1.37.